The summed E-state index contributed by atoms with van der Waals surface area (Å²) < 4.78 is 44.3. The van der Waals surface area contributed by atoms with E-state index in [4.69, 9.17) is 11.6 Å². The molecule has 1 amide bonds. The highest BCUT2D eigenvalue weighted by atomic mass is 35.5. The molecule has 0 radical (unpaired) electrons. The summed E-state index contributed by atoms with van der Waals surface area (Å²) in [7, 11) is 0. The third-order valence-electron chi connectivity index (χ3n) is 5.61. The molecule has 0 saturated carbocycles. The zero-order valence-electron chi connectivity index (χ0n) is 20.6. The van der Waals surface area contributed by atoms with Crippen LogP contribution in [-0.4, -0.2) is 30.0 Å². The molecular formula is C25H17ClF3N7O3S. The van der Waals surface area contributed by atoms with Gasteiger partial charge in [-0.3, -0.25) is 14.3 Å². The maximum atomic E-state index is 14.6. The van der Waals surface area contributed by atoms with Gasteiger partial charge in [0.2, 0.25) is 11.9 Å². The molecule has 0 aliphatic heterocycles. The molecule has 5 aromatic rings. The van der Waals surface area contributed by atoms with Crippen molar-refractivity contribution in [2.45, 2.75) is 20.4 Å². The molecule has 5 rings (SSSR count). The lowest BCUT2D eigenvalue weighted by atomic mass is 10.2. The van der Waals surface area contributed by atoms with E-state index >= 15 is 0 Å². The lowest BCUT2D eigenvalue weighted by Gasteiger charge is -2.17. The smallest absolute Gasteiger partial charge is 0.324 e. The summed E-state index contributed by atoms with van der Waals surface area (Å²) in [6.45, 7) is 2.42. The summed E-state index contributed by atoms with van der Waals surface area (Å²) in [6.07, 6.45) is 2.79. The van der Waals surface area contributed by atoms with Crippen LogP contribution < -0.4 is 22.0 Å². The number of aryl methyl sites for hydroxylation is 1. The highest BCUT2D eigenvalue weighted by Crippen LogP contribution is 2.34. The molecule has 0 aliphatic carbocycles. The maximum absolute atomic E-state index is 14.6. The molecule has 40 heavy (non-hydrogen) atoms. The molecule has 0 aliphatic rings. The Bertz CT molecular complexity index is 1940. The van der Waals surface area contributed by atoms with Crippen LogP contribution in [0.5, 0.6) is 0 Å². The second-order valence-electron chi connectivity index (χ2n) is 8.63. The normalized spacial score (nSPS) is 11.2. The molecule has 0 saturated heterocycles. The van der Waals surface area contributed by atoms with Crippen molar-refractivity contribution in [3.8, 4) is 5.69 Å². The summed E-state index contributed by atoms with van der Waals surface area (Å²) in [5.74, 6) is -4.49. The number of carbonyl (C=O) groups is 1. The molecule has 0 bridgehead atoms. The second-order valence-corrected chi connectivity index (χ2v) is 10.1. The van der Waals surface area contributed by atoms with Crippen molar-refractivity contribution in [2.24, 2.45) is 0 Å². The minimum absolute atomic E-state index is 0.100. The number of carbonyl (C=O) groups excluding carboxylic acids is 1. The fourth-order valence-corrected chi connectivity index (χ4v) is 4.98. The third kappa shape index (κ3) is 5.31. The van der Waals surface area contributed by atoms with Gasteiger partial charge < -0.3 is 10.6 Å². The third-order valence-corrected chi connectivity index (χ3v) is 6.86. The minimum Gasteiger partial charge on any atom is -0.324 e. The summed E-state index contributed by atoms with van der Waals surface area (Å²) in [6, 6.07) is 5.56. The number of nitrogens with zero attached hydrogens (tertiary/aromatic N) is 5. The molecule has 204 valence electrons. The van der Waals surface area contributed by atoms with Crippen LogP contribution in [0, 0.1) is 24.4 Å². The SMILES string of the molecule is CC(=O)Nc1nc2cc(Cl)c(Nc3nc(=O)n(-c4cncc(C)c4)c(=O)n3Cc3cc(F)c(F)cc3F)cc2s1. The van der Waals surface area contributed by atoms with E-state index in [1.807, 2.05) is 0 Å². The first-order chi connectivity index (χ1) is 19.0. The number of rotatable bonds is 6. The van der Waals surface area contributed by atoms with Gasteiger partial charge in [0.25, 0.3) is 0 Å². The van der Waals surface area contributed by atoms with E-state index in [2.05, 4.69) is 25.6 Å². The molecule has 0 unspecified atom stereocenters. The lowest BCUT2D eigenvalue weighted by molar-refractivity contribution is -0.114. The van der Waals surface area contributed by atoms with E-state index in [1.165, 1.54) is 31.5 Å². The number of pyridine rings is 1. The van der Waals surface area contributed by atoms with Crippen molar-refractivity contribution in [3.63, 3.8) is 0 Å². The second kappa shape index (κ2) is 10.5. The predicted octanol–water partition coefficient (Wildman–Crippen LogP) is 4.53. The highest BCUT2D eigenvalue weighted by molar-refractivity contribution is 7.22. The predicted molar refractivity (Wildman–Crippen MR) is 144 cm³/mol. The fourth-order valence-electron chi connectivity index (χ4n) is 3.84. The van der Waals surface area contributed by atoms with Crippen molar-refractivity contribution in [3.05, 3.63) is 97.3 Å². The lowest BCUT2D eigenvalue weighted by Crippen LogP contribution is -2.42. The van der Waals surface area contributed by atoms with Gasteiger partial charge in [0.1, 0.15) is 5.82 Å². The number of anilines is 3. The Morgan fingerprint density at radius 1 is 1.02 bits per heavy atom. The number of benzene rings is 2. The zero-order valence-corrected chi connectivity index (χ0v) is 22.2. The van der Waals surface area contributed by atoms with Crippen LogP contribution in [0.2, 0.25) is 5.02 Å². The minimum atomic E-state index is -1.40. The van der Waals surface area contributed by atoms with Gasteiger partial charge in [0.15, 0.2) is 16.8 Å². The van der Waals surface area contributed by atoms with E-state index < -0.39 is 35.4 Å². The number of hydrogen-bond acceptors (Lipinski definition) is 8. The van der Waals surface area contributed by atoms with E-state index in [1.54, 1.807) is 13.0 Å². The number of hydrogen-bond donors (Lipinski definition) is 2. The first kappa shape index (κ1) is 27.0. The molecule has 0 atom stereocenters. The average molecular weight is 588 g/mol. The van der Waals surface area contributed by atoms with Crippen LogP contribution in [0.15, 0.2) is 52.3 Å². The first-order valence-electron chi connectivity index (χ1n) is 11.4. The Balaban J connectivity index is 1.66. The molecule has 0 fully saturated rings. The highest BCUT2D eigenvalue weighted by Gasteiger charge is 2.20. The van der Waals surface area contributed by atoms with E-state index in [9.17, 15) is 27.6 Å². The number of aromatic nitrogens is 5. The van der Waals surface area contributed by atoms with Crippen LogP contribution in [0.4, 0.5) is 29.9 Å². The summed E-state index contributed by atoms with van der Waals surface area (Å²) in [5.41, 5.74) is -0.890. The van der Waals surface area contributed by atoms with Crippen molar-refractivity contribution in [1.29, 1.82) is 0 Å². The van der Waals surface area contributed by atoms with E-state index in [0.717, 1.165) is 20.5 Å². The molecule has 15 heteroatoms. The monoisotopic (exact) mass is 587 g/mol. The first-order valence-corrected chi connectivity index (χ1v) is 12.6. The Morgan fingerprint density at radius 2 is 1.77 bits per heavy atom. The quantitative estimate of drug-likeness (QED) is 0.280. The van der Waals surface area contributed by atoms with Gasteiger partial charge in [0, 0.05) is 24.8 Å². The van der Waals surface area contributed by atoms with Crippen molar-refractivity contribution in [2.75, 3.05) is 10.6 Å². The average Bonchev–Trinajstić information content (AvgIpc) is 3.24. The summed E-state index contributed by atoms with van der Waals surface area (Å²) in [4.78, 5) is 50.3. The van der Waals surface area contributed by atoms with Gasteiger partial charge in [-0.25, -0.2) is 32.3 Å². The molecule has 3 aromatic heterocycles. The van der Waals surface area contributed by atoms with Crippen molar-refractivity contribution >= 4 is 55.8 Å². The Labute approximate surface area is 231 Å². The molecule has 10 nitrogen and oxygen atoms in total. The van der Waals surface area contributed by atoms with Crippen molar-refractivity contribution in [1.82, 2.24) is 24.1 Å². The Kier molecular flexibility index (Phi) is 7.12. The number of thiazole rings is 1. The van der Waals surface area contributed by atoms with E-state index in [-0.39, 0.29) is 33.8 Å². The van der Waals surface area contributed by atoms with E-state index in [0.29, 0.717) is 33.0 Å². The summed E-state index contributed by atoms with van der Waals surface area (Å²) in [5, 5.41) is 5.84. The van der Waals surface area contributed by atoms with Crippen LogP contribution >= 0.6 is 22.9 Å². The molecule has 0 spiro atoms. The topological polar surface area (TPSA) is 124 Å². The largest absolute Gasteiger partial charge is 0.359 e. The van der Waals surface area contributed by atoms with Crippen LogP contribution in [0.3, 0.4) is 0 Å². The molecule has 2 aromatic carbocycles. The van der Waals surface area contributed by atoms with Gasteiger partial charge in [-0.15, -0.1) is 0 Å². The maximum Gasteiger partial charge on any atom is 0.359 e. The Hall–Kier alpha value is -4.56. The van der Waals surface area contributed by atoms with Gasteiger partial charge in [-0.05, 0) is 36.8 Å². The van der Waals surface area contributed by atoms with Gasteiger partial charge >= 0.3 is 11.4 Å². The number of amides is 1. The van der Waals surface area contributed by atoms with Crippen LogP contribution in [0.25, 0.3) is 15.9 Å². The standard InChI is InChI=1S/C25H17ClF3N7O3S/c1-11-3-14(9-30-8-11)36-24(38)34-22(35(25(36)39)10-13-4-17(28)18(29)6-16(13)27)32-19-7-21-20(5-15(19)26)33-23(40-21)31-12(2)37/h3-9H,10H2,1-2H3,(H,31,33,37)(H,32,34,38). The van der Waals surface area contributed by atoms with Gasteiger partial charge in [-0.2, -0.15) is 4.98 Å². The summed E-state index contributed by atoms with van der Waals surface area (Å²) >= 11 is 7.57. The van der Waals surface area contributed by atoms with Crippen molar-refractivity contribution < 1.29 is 18.0 Å². The van der Waals surface area contributed by atoms with Gasteiger partial charge in [0.05, 0.1) is 39.4 Å². The Morgan fingerprint density at radius 3 is 2.50 bits per heavy atom. The van der Waals surface area contributed by atoms with Crippen LogP contribution in [-0.2, 0) is 11.3 Å². The molecular weight excluding hydrogens is 571 g/mol. The number of fused-ring (bicyclic) bond motifs is 1. The zero-order chi connectivity index (χ0) is 28.7. The molecule has 3 heterocycles. The molecule has 2 N–H and O–H groups in total. The fraction of sp³-hybridized carbons (Fsp3) is 0.120. The number of halogens is 4. The van der Waals surface area contributed by atoms with Gasteiger partial charge in [-0.1, -0.05) is 22.9 Å². The number of nitrogens with one attached hydrogen (secondary N) is 2. The van der Waals surface area contributed by atoms with Crippen LogP contribution in [0.1, 0.15) is 18.1 Å².